The second kappa shape index (κ2) is 9.57. The van der Waals surface area contributed by atoms with Gasteiger partial charge >= 0.3 is 5.97 Å². The molecule has 0 saturated carbocycles. The summed E-state index contributed by atoms with van der Waals surface area (Å²) in [6, 6.07) is 19.9. The number of nitriles is 1. The van der Waals surface area contributed by atoms with Crippen molar-refractivity contribution in [2.75, 3.05) is 6.61 Å². The maximum atomic E-state index is 12.3. The molecule has 1 aliphatic rings. The number of hydrogen-bond acceptors (Lipinski definition) is 6. The molecule has 0 aromatic heterocycles. The first-order chi connectivity index (χ1) is 15.9. The van der Waals surface area contributed by atoms with Crippen molar-refractivity contribution in [1.29, 1.82) is 5.26 Å². The number of esters is 1. The lowest BCUT2D eigenvalue weighted by Crippen LogP contribution is -2.21. The van der Waals surface area contributed by atoms with Crippen LogP contribution < -0.4 is 19.9 Å². The summed E-state index contributed by atoms with van der Waals surface area (Å²) >= 11 is 9.47. The lowest BCUT2D eigenvalue weighted by molar-refractivity contribution is -0.136. The van der Waals surface area contributed by atoms with Gasteiger partial charge in [-0.25, -0.2) is 4.79 Å². The van der Waals surface area contributed by atoms with Crippen LogP contribution in [0, 0.1) is 18.3 Å². The molecule has 4 rings (SSSR count). The fourth-order valence-electron chi connectivity index (χ4n) is 3.54. The van der Waals surface area contributed by atoms with Gasteiger partial charge in [-0.05, 0) is 54.4 Å². The van der Waals surface area contributed by atoms with E-state index < -0.39 is 11.9 Å². The highest BCUT2D eigenvalue weighted by molar-refractivity contribution is 9.10. The van der Waals surface area contributed by atoms with E-state index in [1.54, 1.807) is 36.4 Å². The van der Waals surface area contributed by atoms with E-state index in [0.29, 0.717) is 22.1 Å². The van der Waals surface area contributed by atoms with Crippen LogP contribution in [0.15, 0.2) is 76.6 Å². The molecular formula is C25H18BrClN2O4. The van der Waals surface area contributed by atoms with Crippen LogP contribution in [0.4, 0.5) is 0 Å². The Hall–Kier alpha value is -3.47. The van der Waals surface area contributed by atoms with Crippen LogP contribution in [0.5, 0.6) is 17.2 Å². The number of nitrogens with zero attached hydrogens (tertiary/aromatic N) is 1. The Morgan fingerprint density at radius 2 is 1.97 bits per heavy atom. The Kier molecular flexibility index (Phi) is 6.59. The fraction of sp³-hybridized carbons (Fsp3) is 0.120. The smallest absolute Gasteiger partial charge is 0.349 e. The molecule has 0 radical (unpaired) electrons. The molecule has 0 fully saturated rings. The largest absolute Gasteiger partial charge is 0.482 e. The highest BCUT2D eigenvalue weighted by Crippen LogP contribution is 2.43. The van der Waals surface area contributed by atoms with Crippen LogP contribution in [-0.2, 0) is 4.79 Å². The van der Waals surface area contributed by atoms with Crippen molar-refractivity contribution in [3.05, 3.63) is 98.3 Å². The van der Waals surface area contributed by atoms with Crippen molar-refractivity contribution in [3.8, 4) is 23.3 Å². The third-order valence-corrected chi connectivity index (χ3v) is 6.01. The first-order valence-electron chi connectivity index (χ1n) is 9.92. The molecule has 2 N–H and O–H groups in total. The summed E-state index contributed by atoms with van der Waals surface area (Å²) in [5, 5.41) is 10.3. The minimum atomic E-state index is -0.580. The Labute approximate surface area is 204 Å². The molecule has 0 saturated heterocycles. The number of hydrogen-bond donors (Lipinski definition) is 1. The van der Waals surface area contributed by atoms with E-state index in [2.05, 4.69) is 22.0 Å². The lowest BCUT2D eigenvalue weighted by Gasteiger charge is -2.26. The van der Waals surface area contributed by atoms with Gasteiger partial charge in [0.2, 0.25) is 5.88 Å². The molecule has 0 amide bonds. The Morgan fingerprint density at radius 3 is 2.70 bits per heavy atom. The van der Waals surface area contributed by atoms with Gasteiger partial charge in [0.1, 0.15) is 28.9 Å². The van der Waals surface area contributed by atoms with Crippen LogP contribution in [0.25, 0.3) is 0 Å². The molecule has 33 heavy (non-hydrogen) atoms. The van der Waals surface area contributed by atoms with E-state index in [4.69, 9.17) is 31.5 Å². The molecule has 0 bridgehead atoms. The quantitative estimate of drug-likeness (QED) is 0.343. The Bertz CT molecular complexity index is 1320. The third-order valence-electron chi connectivity index (χ3n) is 5.09. The van der Waals surface area contributed by atoms with Crippen LogP contribution in [0.1, 0.15) is 22.6 Å². The second-order valence-corrected chi connectivity index (χ2v) is 8.68. The van der Waals surface area contributed by atoms with Gasteiger partial charge in [-0.1, -0.05) is 45.7 Å². The molecule has 1 heterocycles. The van der Waals surface area contributed by atoms with Crippen molar-refractivity contribution >= 4 is 33.5 Å². The molecule has 3 aromatic rings. The van der Waals surface area contributed by atoms with Gasteiger partial charge in [-0.2, -0.15) is 5.26 Å². The SMILES string of the molecule is Cc1cc(OCC(=O)Oc2ccc3c(c2)OC(N)=C(C#N)C3c2cccc(Br)c2)ccc1Cl. The maximum absolute atomic E-state index is 12.3. The van der Waals surface area contributed by atoms with Gasteiger partial charge in [-0.3, -0.25) is 0 Å². The summed E-state index contributed by atoms with van der Waals surface area (Å²) in [6.45, 7) is 1.57. The van der Waals surface area contributed by atoms with Crippen LogP contribution in [0.3, 0.4) is 0 Å². The number of carbonyl (C=O) groups is 1. The van der Waals surface area contributed by atoms with Crippen molar-refractivity contribution in [1.82, 2.24) is 0 Å². The van der Waals surface area contributed by atoms with Gasteiger partial charge in [0, 0.05) is 21.1 Å². The number of benzene rings is 3. The molecule has 1 aliphatic heterocycles. The van der Waals surface area contributed by atoms with Crippen molar-refractivity contribution in [2.24, 2.45) is 5.73 Å². The minimum Gasteiger partial charge on any atom is -0.482 e. The summed E-state index contributed by atoms with van der Waals surface area (Å²) in [6.07, 6.45) is 0. The average Bonchev–Trinajstić information content (AvgIpc) is 2.79. The fourth-order valence-corrected chi connectivity index (χ4v) is 4.07. The molecule has 8 heteroatoms. The van der Waals surface area contributed by atoms with Crippen LogP contribution in [0.2, 0.25) is 5.02 Å². The zero-order chi connectivity index (χ0) is 23.5. The van der Waals surface area contributed by atoms with E-state index >= 15 is 0 Å². The summed E-state index contributed by atoms with van der Waals surface area (Å²) in [5.74, 6) is 0.230. The Balaban J connectivity index is 1.53. The van der Waals surface area contributed by atoms with E-state index in [9.17, 15) is 10.1 Å². The zero-order valence-electron chi connectivity index (χ0n) is 17.5. The number of rotatable bonds is 5. The molecule has 1 unspecified atom stereocenters. The minimum absolute atomic E-state index is 0.0138. The van der Waals surface area contributed by atoms with E-state index in [1.165, 1.54) is 0 Å². The zero-order valence-corrected chi connectivity index (χ0v) is 19.8. The monoisotopic (exact) mass is 524 g/mol. The number of aryl methyl sites for hydroxylation is 1. The normalized spacial score (nSPS) is 14.7. The van der Waals surface area contributed by atoms with Crippen molar-refractivity contribution in [2.45, 2.75) is 12.8 Å². The number of halogens is 2. The maximum Gasteiger partial charge on any atom is 0.349 e. The third kappa shape index (κ3) is 4.98. The topological polar surface area (TPSA) is 94.6 Å². The predicted octanol–water partition coefficient (Wildman–Crippen LogP) is 5.61. The molecule has 3 aromatic carbocycles. The second-order valence-electron chi connectivity index (χ2n) is 7.35. The van der Waals surface area contributed by atoms with Gasteiger partial charge in [-0.15, -0.1) is 0 Å². The average molecular weight is 526 g/mol. The van der Waals surface area contributed by atoms with Gasteiger partial charge in [0.25, 0.3) is 0 Å². The lowest BCUT2D eigenvalue weighted by atomic mass is 9.83. The highest BCUT2D eigenvalue weighted by atomic mass is 79.9. The molecule has 0 aliphatic carbocycles. The van der Waals surface area contributed by atoms with Gasteiger partial charge in [0.15, 0.2) is 6.61 Å². The number of allylic oxidation sites excluding steroid dienone is 1. The highest BCUT2D eigenvalue weighted by Gasteiger charge is 2.31. The first-order valence-corrected chi connectivity index (χ1v) is 11.1. The summed E-state index contributed by atoms with van der Waals surface area (Å²) in [7, 11) is 0. The van der Waals surface area contributed by atoms with E-state index in [1.807, 2.05) is 31.2 Å². The number of ether oxygens (including phenoxy) is 3. The molecule has 0 spiro atoms. The summed E-state index contributed by atoms with van der Waals surface area (Å²) in [5.41, 5.74) is 8.82. The standard InChI is InChI=1S/C25H18BrClN2O4/c1-14-9-17(6-8-21(14)27)31-13-23(30)32-18-5-7-19-22(11-18)33-25(29)20(12-28)24(19)15-3-2-4-16(26)10-15/h2-11,24H,13,29H2,1H3. The van der Waals surface area contributed by atoms with E-state index in [-0.39, 0.29) is 18.2 Å². The molecular weight excluding hydrogens is 508 g/mol. The summed E-state index contributed by atoms with van der Waals surface area (Å²) in [4.78, 5) is 12.3. The van der Waals surface area contributed by atoms with Gasteiger partial charge in [0.05, 0.1) is 5.92 Å². The van der Waals surface area contributed by atoms with Crippen LogP contribution in [-0.4, -0.2) is 12.6 Å². The molecule has 6 nitrogen and oxygen atoms in total. The van der Waals surface area contributed by atoms with Gasteiger partial charge < -0.3 is 19.9 Å². The predicted molar refractivity (Wildman–Crippen MR) is 127 cm³/mol. The van der Waals surface area contributed by atoms with Crippen LogP contribution >= 0.6 is 27.5 Å². The molecule has 166 valence electrons. The number of carbonyl (C=O) groups excluding carboxylic acids is 1. The van der Waals surface area contributed by atoms with Crippen molar-refractivity contribution < 1.29 is 19.0 Å². The summed E-state index contributed by atoms with van der Waals surface area (Å²) < 4.78 is 17.5. The molecule has 1 atom stereocenters. The first kappa shape index (κ1) is 22.7. The Morgan fingerprint density at radius 1 is 1.18 bits per heavy atom. The number of fused-ring (bicyclic) bond motifs is 1. The number of nitrogens with two attached hydrogens (primary N) is 1. The van der Waals surface area contributed by atoms with E-state index in [0.717, 1.165) is 21.2 Å². The van der Waals surface area contributed by atoms with Crippen molar-refractivity contribution in [3.63, 3.8) is 0 Å².